The van der Waals surface area contributed by atoms with Crippen LogP contribution in [-0.4, -0.2) is 26.7 Å². The first-order chi connectivity index (χ1) is 8.36. The number of rotatable bonds is 6. The highest BCUT2D eigenvalue weighted by molar-refractivity contribution is 7.89. The van der Waals surface area contributed by atoms with Crippen molar-refractivity contribution in [2.75, 3.05) is 24.2 Å². The predicted octanol–water partition coefficient (Wildman–Crippen LogP) is 0.409. The zero-order chi connectivity index (χ0) is 13.8. The van der Waals surface area contributed by atoms with E-state index in [1.54, 1.807) is 13.0 Å². The lowest BCUT2D eigenvalue weighted by Gasteiger charge is -2.13. The van der Waals surface area contributed by atoms with Crippen molar-refractivity contribution >= 4 is 21.4 Å². The van der Waals surface area contributed by atoms with Crippen LogP contribution >= 0.6 is 0 Å². The van der Waals surface area contributed by atoms with Crippen LogP contribution in [-0.2, 0) is 10.0 Å². The fourth-order valence-electron chi connectivity index (χ4n) is 1.65. The number of aliphatic hydroxyl groups excluding tert-OH is 1. The maximum Gasteiger partial charge on any atom is 0.238 e. The highest BCUT2D eigenvalue weighted by Gasteiger charge is 2.15. The molecule has 0 atom stereocenters. The second kappa shape index (κ2) is 6.03. The number of primary sulfonamides is 1. The average Bonchev–Trinajstić information content (AvgIpc) is 2.27. The largest absolute Gasteiger partial charge is 0.399 e. The number of hydrogen-bond donors (Lipinski definition) is 4. The molecule has 0 unspecified atom stereocenters. The number of aliphatic hydroxyl groups is 1. The Morgan fingerprint density at radius 1 is 1.33 bits per heavy atom. The maximum atomic E-state index is 11.4. The van der Waals surface area contributed by atoms with Crippen molar-refractivity contribution in [3.63, 3.8) is 0 Å². The highest BCUT2D eigenvalue weighted by Crippen LogP contribution is 2.25. The Morgan fingerprint density at radius 3 is 2.56 bits per heavy atom. The van der Waals surface area contributed by atoms with Gasteiger partial charge in [-0.2, -0.15) is 0 Å². The summed E-state index contributed by atoms with van der Waals surface area (Å²) in [5.74, 6) is 0. The van der Waals surface area contributed by atoms with E-state index < -0.39 is 10.0 Å². The van der Waals surface area contributed by atoms with Crippen LogP contribution in [0.3, 0.4) is 0 Å². The molecule has 0 aromatic heterocycles. The number of benzene rings is 1. The Balaban J connectivity index is 2.96. The van der Waals surface area contributed by atoms with E-state index in [9.17, 15) is 8.42 Å². The number of anilines is 2. The Labute approximate surface area is 107 Å². The Bertz CT molecular complexity index is 515. The van der Waals surface area contributed by atoms with Gasteiger partial charge >= 0.3 is 0 Å². The van der Waals surface area contributed by atoms with Crippen LogP contribution in [0.5, 0.6) is 0 Å². The van der Waals surface area contributed by atoms with Gasteiger partial charge in [-0.05, 0) is 37.5 Å². The van der Waals surface area contributed by atoms with Gasteiger partial charge in [0.1, 0.15) is 0 Å². The van der Waals surface area contributed by atoms with Gasteiger partial charge in [-0.25, -0.2) is 13.6 Å². The van der Waals surface area contributed by atoms with Gasteiger partial charge in [-0.1, -0.05) is 0 Å². The second-order valence-electron chi connectivity index (χ2n) is 4.09. The lowest BCUT2D eigenvalue weighted by Crippen LogP contribution is -2.15. The van der Waals surface area contributed by atoms with E-state index in [-0.39, 0.29) is 11.5 Å². The Hall–Kier alpha value is -1.31. The van der Waals surface area contributed by atoms with Gasteiger partial charge in [-0.15, -0.1) is 0 Å². The Kier molecular flexibility index (Phi) is 4.94. The fraction of sp³-hybridized carbons (Fsp3) is 0.455. The zero-order valence-corrected chi connectivity index (χ0v) is 11.1. The predicted molar refractivity (Wildman–Crippen MR) is 71.8 cm³/mol. The molecule has 7 heteroatoms. The van der Waals surface area contributed by atoms with Crippen LogP contribution in [0.1, 0.15) is 18.4 Å². The minimum atomic E-state index is -3.77. The van der Waals surface area contributed by atoms with Gasteiger partial charge in [-0.3, -0.25) is 0 Å². The van der Waals surface area contributed by atoms with Crippen LogP contribution in [0.15, 0.2) is 17.0 Å². The first-order valence-corrected chi connectivity index (χ1v) is 7.18. The monoisotopic (exact) mass is 273 g/mol. The lowest BCUT2D eigenvalue weighted by molar-refractivity contribution is 0.286. The third-order valence-corrected chi connectivity index (χ3v) is 3.63. The molecule has 18 heavy (non-hydrogen) atoms. The summed E-state index contributed by atoms with van der Waals surface area (Å²) >= 11 is 0. The zero-order valence-electron chi connectivity index (χ0n) is 10.3. The first kappa shape index (κ1) is 14.7. The molecule has 102 valence electrons. The molecule has 0 aliphatic rings. The molecule has 6 nitrogen and oxygen atoms in total. The summed E-state index contributed by atoms with van der Waals surface area (Å²) in [6.45, 7) is 2.45. The smallest absolute Gasteiger partial charge is 0.238 e. The van der Waals surface area contributed by atoms with E-state index in [4.69, 9.17) is 16.0 Å². The topological polar surface area (TPSA) is 118 Å². The van der Waals surface area contributed by atoms with Crippen molar-refractivity contribution in [3.8, 4) is 0 Å². The molecule has 1 aromatic carbocycles. The third-order valence-electron chi connectivity index (χ3n) is 2.59. The average molecular weight is 273 g/mol. The van der Waals surface area contributed by atoms with Crippen molar-refractivity contribution < 1.29 is 13.5 Å². The van der Waals surface area contributed by atoms with Gasteiger partial charge in [0.2, 0.25) is 10.0 Å². The normalized spacial score (nSPS) is 11.5. The first-order valence-electron chi connectivity index (χ1n) is 5.64. The number of sulfonamides is 1. The van der Waals surface area contributed by atoms with Crippen LogP contribution in [0.25, 0.3) is 0 Å². The number of hydrogen-bond acceptors (Lipinski definition) is 5. The van der Waals surface area contributed by atoms with E-state index in [0.717, 1.165) is 6.42 Å². The van der Waals surface area contributed by atoms with Gasteiger partial charge < -0.3 is 16.2 Å². The van der Waals surface area contributed by atoms with Crippen LogP contribution in [0.4, 0.5) is 11.4 Å². The number of nitrogens with one attached hydrogen (secondary N) is 1. The minimum absolute atomic E-state index is 0.0344. The van der Waals surface area contributed by atoms with E-state index in [0.29, 0.717) is 29.9 Å². The summed E-state index contributed by atoms with van der Waals surface area (Å²) in [7, 11) is -3.77. The van der Waals surface area contributed by atoms with E-state index in [1.165, 1.54) is 6.07 Å². The molecule has 0 heterocycles. The molecule has 1 rings (SSSR count). The highest BCUT2D eigenvalue weighted by atomic mass is 32.2. The van der Waals surface area contributed by atoms with Crippen LogP contribution in [0, 0.1) is 6.92 Å². The number of nitrogen functional groups attached to an aromatic ring is 1. The summed E-state index contributed by atoms with van der Waals surface area (Å²) in [6, 6.07) is 3.02. The summed E-state index contributed by atoms with van der Waals surface area (Å²) in [6.07, 6.45) is 1.48. The quantitative estimate of drug-likeness (QED) is 0.442. The van der Waals surface area contributed by atoms with Crippen molar-refractivity contribution in [2.45, 2.75) is 24.7 Å². The van der Waals surface area contributed by atoms with E-state index in [1.807, 2.05) is 0 Å². The molecule has 0 aliphatic carbocycles. The minimum Gasteiger partial charge on any atom is -0.399 e. The van der Waals surface area contributed by atoms with Gasteiger partial charge in [0, 0.05) is 24.5 Å². The van der Waals surface area contributed by atoms with Crippen molar-refractivity contribution in [1.29, 1.82) is 0 Å². The number of unbranched alkanes of at least 4 members (excludes halogenated alkanes) is 1. The van der Waals surface area contributed by atoms with Crippen molar-refractivity contribution in [3.05, 3.63) is 17.7 Å². The summed E-state index contributed by atoms with van der Waals surface area (Å²) in [4.78, 5) is 0.0344. The van der Waals surface area contributed by atoms with E-state index >= 15 is 0 Å². The molecular weight excluding hydrogens is 254 g/mol. The van der Waals surface area contributed by atoms with Crippen LogP contribution in [0.2, 0.25) is 0 Å². The van der Waals surface area contributed by atoms with Gasteiger partial charge in [0.15, 0.2) is 0 Å². The molecule has 0 spiro atoms. The number of nitrogens with two attached hydrogens (primary N) is 2. The molecule has 0 bridgehead atoms. The van der Waals surface area contributed by atoms with Crippen molar-refractivity contribution in [1.82, 2.24) is 0 Å². The summed E-state index contributed by atoms with van der Waals surface area (Å²) in [5.41, 5.74) is 7.20. The molecule has 0 amide bonds. The van der Waals surface area contributed by atoms with Crippen LogP contribution < -0.4 is 16.2 Å². The molecule has 1 aromatic rings. The Morgan fingerprint density at radius 2 is 2.00 bits per heavy atom. The standard InChI is InChI=1S/C11H19N3O3S/c1-8-10(14-4-2-3-5-15)6-9(12)7-11(8)18(13,16)17/h6-7,14-15H,2-5,12H2,1H3,(H2,13,16,17). The third kappa shape index (κ3) is 3.86. The lowest BCUT2D eigenvalue weighted by atomic mass is 10.1. The fourth-order valence-corrected chi connectivity index (χ4v) is 2.49. The second-order valence-corrected chi connectivity index (χ2v) is 5.62. The molecule has 0 aliphatic heterocycles. The summed E-state index contributed by atoms with van der Waals surface area (Å²) in [5, 5.41) is 16.9. The SMILES string of the molecule is Cc1c(NCCCCO)cc(N)cc1S(N)(=O)=O. The maximum absolute atomic E-state index is 11.4. The van der Waals surface area contributed by atoms with Gasteiger partial charge in [0.25, 0.3) is 0 Å². The summed E-state index contributed by atoms with van der Waals surface area (Å²) < 4.78 is 22.8. The molecular formula is C11H19N3O3S. The van der Waals surface area contributed by atoms with E-state index in [2.05, 4.69) is 5.32 Å². The molecule has 6 N–H and O–H groups in total. The molecule has 0 saturated heterocycles. The molecule has 0 radical (unpaired) electrons. The van der Waals surface area contributed by atoms with Gasteiger partial charge in [0.05, 0.1) is 4.90 Å². The van der Waals surface area contributed by atoms with Crippen molar-refractivity contribution in [2.24, 2.45) is 5.14 Å². The molecule has 0 fully saturated rings. The molecule has 0 saturated carbocycles.